The highest BCUT2D eigenvalue weighted by atomic mass is 16.6. The minimum absolute atomic E-state index is 0.0108. The van der Waals surface area contributed by atoms with Gasteiger partial charge in [-0.1, -0.05) is 6.07 Å². The highest BCUT2D eigenvalue weighted by molar-refractivity contribution is 5.82. The summed E-state index contributed by atoms with van der Waals surface area (Å²) in [6.07, 6.45) is 0. The van der Waals surface area contributed by atoms with Gasteiger partial charge in [-0.05, 0) is 19.1 Å². The number of aliphatic carboxylic acids is 1. The first-order valence-electron chi connectivity index (χ1n) is 5.27. The number of non-ortho nitro benzene ring substituents is 1. The standard InChI is InChI=1S/C12H10N2O4/c1-7(12(15)16)10-4-2-8-6-9(14(17)18)3-5-11(8)13-10/h2-7H,1H3,(H,15,16). The van der Waals surface area contributed by atoms with Gasteiger partial charge in [-0.3, -0.25) is 19.9 Å². The van der Waals surface area contributed by atoms with Gasteiger partial charge in [-0.25, -0.2) is 0 Å². The predicted octanol–water partition coefficient (Wildman–Crippen LogP) is 2.33. The van der Waals surface area contributed by atoms with E-state index < -0.39 is 16.8 Å². The lowest BCUT2D eigenvalue weighted by Crippen LogP contribution is -2.09. The molecule has 6 heteroatoms. The zero-order chi connectivity index (χ0) is 13.3. The van der Waals surface area contributed by atoms with Crippen molar-refractivity contribution in [3.63, 3.8) is 0 Å². The van der Waals surface area contributed by atoms with E-state index in [-0.39, 0.29) is 5.69 Å². The summed E-state index contributed by atoms with van der Waals surface area (Å²) in [7, 11) is 0. The van der Waals surface area contributed by atoms with Gasteiger partial charge in [0, 0.05) is 17.5 Å². The van der Waals surface area contributed by atoms with Crippen LogP contribution >= 0.6 is 0 Å². The average Bonchev–Trinajstić information content (AvgIpc) is 2.36. The summed E-state index contributed by atoms with van der Waals surface area (Å²) >= 11 is 0. The smallest absolute Gasteiger partial charge is 0.312 e. The highest BCUT2D eigenvalue weighted by Gasteiger charge is 2.16. The van der Waals surface area contributed by atoms with Crippen LogP contribution in [0.2, 0.25) is 0 Å². The maximum Gasteiger partial charge on any atom is 0.312 e. The summed E-state index contributed by atoms with van der Waals surface area (Å²) in [5.41, 5.74) is 0.971. The third-order valence-electron chi connectivity index (χ3n) is 2.72. The second-order valence-electron chi connectivity index (χ2n) is 3.93. The lowest BCUT2D eigenvalue weighted by molar-refractivity contribution is -0.384. The van der Waals surface area contributed by atoms with Crippen LogP contribution in [0.1, 0.15) is 18.5 Å². The van der Waals surface area contributed by atoms with Crippen LogP contribution in [0, 0.1) is 10.1 Å². The molecular weight excluding hydrogens is 236 g/mol. The molecular formula is C12H10N2O4. The zero-order valence-electron chi connectivity index (χ0n) is 9.53. The quantitative estimate of drug-likeness (QED) is 0.662. The molecule has 0 radical (unpaired) electrons. The van der Waals surface area contributed by atoms with Gasteiger partial charge in [0.05, 0.1) is 22.1 Å². The molecule has 0 spiro atoms. The van der Waals surface area contributed by atoms with Gasteiger partial charge in [-0.15, -0.1) is 0 Å². The summed E-state index contributed by atoms with van der Waals surface area (Å²) in [5.74, 6) is -1.66. The van der Waals surface area contributed by atoms with E-state index >= 15 is 0 Å². The van der Waals surface area contributed by atoms with Gasteiger partial charge in [0.15, 0.2) is 0 Å². The molecule has 1 heterocycles. The molecule has 1 aromatic carbocycles. The van der Waals surface area contributed by atoms with Crippen LogP contribution < -0.4 is 0 Å². The second kappa shape index (κ2) is 4.40. The molecule has 0 fully saturated rings. The molecule has 6 nitrogen and oxygen atoms in total. The SMILES string of the molecule is CC(C(=O)O)c1ccc2cc([N+](=O)[O-])ccc2n1. The number of hydrogen-bond donors (Lipinski definition) is 1. The first-order valence-corrected chi connectivity index (χ1v) is 5.27. The average molecular weight is 246 g/mol. The van der Waals surface area contributed by atoms with E-state index in [0.29, 0.717) is 16.6 Å². The van der Waals surface area contributed by atoms with Crippen molar-refractivity contribution >= 4 is 22.6 Å². The summed E-state index contributed by atoms with van der Waals surface area (Å²) in [6, 6.07) is 7.50. The Hall–Kier alpha value is -2.50. The first kappa shape index (κ1) is 12.0. The van der Waals surface area contributed by atoms with Crippen molar-refractivity contribution in [3.8, 4) is 0 Å². The molecule has 0 aliphatic carbocycles. The summed E-state index contributed by atoms with van der Waals surface area (Å²) in [6.45, 7) is 1.54. The number of nitro benzene ring substituents is 1. The largest absolute Gasteiger partial charge is 0.481 e. The molecule has 2 rings (SSSR count). The minimum Gasteiger partial charge on any atom is -0.481 e. The van der Waals surface area contributed by atoms with Crippen LogP contribution in [0.3, 0.4) is 0 Å². The molecule has 0 saturated carbocycles. The van der Waals surface area contributed by atoms with Crippen molar-refractivity contribution in [2.24, 2.45) is 0 Å². The van der Waals surface area contributed by atoms with E-state index in [1.807, 2.05) is 0 Å². The number of carboxylic acids is 1. The van der Waals surface area contributed by atoms with Gasteiger partial charge in [0.1, 0.15) is 0 Å². The number of carboxylic acid groups (broad SMARTS) is 1. The normalized spacial score (nSPS) is 12.3. The van der Waals surface area contributed by atoms with E-state index in [0.717, 1.165) is 0 Å². The van der Waals surface area contributed by atoms with Crippen molar-refractivity contribution in [1.82, 2.24) is 4.98 Å². The Bertz CT molecular complexity index is 639. The molecule has 1 N–H and O–H groups in total. The topological polar surface area (TPSA) is 93.3 Å². The number of benzene rings is 1. The van der Waals surface area contributed by atoms with Gasteiger partial charge in [0.2, 0.25) is 0 Å². The molecule has 18 heavy (non-hydrogen) atoms. The van der Waals surface area contributed by atoms with E-state index in [9.17, 15) is 14.9 Å². The maximum atomic E-state index is 10.8. The third kappa shape index (κ3) is 2.13. The zero-order valence-corrected chi connectivity index (χ0v) is 9.53. The predicted molar refractivity (Wildman–Crippen MR) is 64.4 cm³/mol. The number of nitrogens with zero attached hydrogens (tertiary/aromatic N) is 2. The van der Waals surface area contributed by atoms with Crippen molar-refractivity contribution in [3.05, 3.63) is 46.1 Å². The number of carbonyl (C=O) groups is 1. The fourth-order valence-electron chi connectivity index (χ4n) is 1.61. The van der Waals surface area contributed by atoms with Gasteiger partial charge >= 0.3 is 5.97 Å². The lowest BCUT2D eigenvalue weighted by Gasteiger charge is -2.06. The molecule has 0 aliphatic heterocycles. The number of rotatable bonds is 3. The first-order chi connectivity index (χ1) is 8.49. The molecule has 0 amide bonds. The molecule has 0 saturated heterocycles. The van der Waals surface area contributed by atoms with Crippen LogP contribution in [0.4, 0.5) is 5.69 Å². The Kier molecular flexibility index (Phi) is 2.93. The minimum atomic E-state index is -0.955. The third-order valence-corrected chi connectivity index (χ3v) is 2.72. The molecule has 1 aromatic heterocycles. The van der Waals surface area contributed by atoms with Crippen LogP contribution in [-0.4, -0.2) is 21.0 Å². The summed E-state index contributed by atoms with van der Waals surface area (Å²) < 4.78 is 0. The molecule has 1 unspecified atom stereocenters. The van der Waals surface area contributed by atoms with E-state index in [1.165, 1.54) is 18.2 Å². The Morgan fingerprint density at radius 3 is 2.72 bits per heavy atom. The van der Waals surface area contributed by atoms with Gasteiger partial charge in [-0.2, -0.15) is 0 Å². The monoisotopic (exact) mass is 246 g/mol. The summed E-state index contributed by atoms with van der Waals surface area (Å²) in [5, 5.41) is 20.1. The summed E-state index contributed by atoms with van der Waals surface area (Å²) in [4.78, 5) is 25.2. The Labute approximate surface area is 102 Å². The molecule has 0 bridgehead atoms. The van der Waals surface area contributed by atoms with Crippen molar-refractivity contribution < 1.29 is 14.8 Å². The fraction of sp³-hybridized carbons (Fsp3) is 0.167. The van der Waals surface area contributed by atoms with Crippen molar-refractivity contribution in [2.45, 2.75) is 12.8 Å². The number of aromatic nitrogens is 1. The van der Waals surface area contributed by atoms with Gasteiger partial charge in [0.25, 0.3) is 5.69 Å². The van der Waals surface area contributed by atoms with Crippen LogP contribution in [0.5, 0.6) is 0 Å². The molecule has 0 aliphatic rings. The van der Waals surface area contributed by atoms with Crippen molar-refractivity contribution in [2.75, 3.05) is 0 Å². The number of pyridine rings is 1. The number of fused-ring (bicyclic) bond motifs is 1. The van der Waals surface area contributed by atoms with E-state index in [1.54, 1.807) is 19.1 Å². The number of nitro groups is 1. The maximum absolute atomic E-state index is 10.8. The van der Waals surface area contributed by atoms with Crippen LogP contribution in [0.25, 0.3) is 10.9 Å². The van der Waals surface area contributed by atoms with Crippen molar-refractivity contribution in [1.29, 1.82) is 0 Å². The molecule has 92 valence electrons. The van der Waals surface area contributed by atoms with Gasteiger partial charge < -0.3 is 5.11 Å². The number of hydrogen-bond acceptors (Lipinski definition) is 4. The highest BCUT2D eigenvalue weighted by Crippen LogP contribution is 2.22. The Morgan fingerprint density at radius 1 is 1.39 bits per heavy atom. The Balaban J connectivity index is 2.50. The van der Waals surface area contributed by atoms with Crippen LogP contribution in [0.15, 0.2) is 30.3 Å². The van der Waals surface area contributed by atoms with Crippen LogP contribution in [-0.2, 0) is 4.79 Å². The lowest BCUT2D eigenvalue weighted by atomic mass is 10.1. The van der Waals surface area contributed by atoms with E-state index in [2.05, 4.69) is 4.98 Å². The second-order valence-corrected chi connectivity index (χ2v) is 3.93. The molecule has 1 atom stereocenters. The molecule has 2 aromatic rings. The van der Waals surface area contributed by atoms with E-state index in [4.69, 9.17) is 5.11 Å². The fourth-order valence-corrected chi connectivity index (χ4v) is 1.61. The Morgan fingerprint density at radius 2 is 2.11 bits per heavy atom.